The van der Waals surface area contributed by atoms with E-state index in [0.717, 1.165) is 61.9 Å². The summed E-state index contributed by atoms with van der Waals surface area (Å²) in [6.07, 6.45) is 8.28. The van der Waals surface area contributed by atoms with Crippen LogP contribution in [0.5, 0.6) is 0 Å². The third kappa shape index (κ3) is 10.2. The van der Waals surface area contributed by atoms with E-state index in [4.69, 9.17) is 11.6 Å². The number of likely N-dealkylation sites (tertiary alicyclic amines) is 1. The smallest absolute Gasteiger partial charge is 0.317 e. The molecule has 0 radical (unpaired) electrons. The van der Waals surface area contributed by atoms with Crippen LogP contribution in [0.25, 0.3) is 0 Å². The lowest BCUT2D eigenvalue weighted by molar-refractivity contribution is -0.136. The highest BCUT2D eigenvalue weighted by Gasteiger charge is 2.39. The summed E-state index contributed by atoms with van der Waals surface area (Å²) in [5.74, 6) is 6.43. The number of amides is 6. The number of carbonyl (C=O) groups excluding carboxylic acids is 5. The Bertz CT molecular complexity index is 2440. The number of urea groups is 1. The second-order valence-corrected chi connectivity index (χ2v) is 16.8. The second kappa shape index (κ2) is 19.7. The highest BCUT2D eigenvalue weighted by atomic mass is 35.5. The minimum Gasteiger partial charge on any atom is -0.355 e. The number of imide groups is 1. The lowest BCUT2D eigenvalue weighted by Crippen LogP contribution is -2.52. The fraction of sp³-hybridized carbons (Fsp3) is 0.383. The summed E-state index contributed by atoms with van der Waals surface area (Å²) in [5.41, 5.74) is 5.27. The van der Waals surface area contributed by atoms with Gasteiger partial charge in [-0.05, 0) is 98.4 Å². The van der Waals surface area contributed by atoms with Gasteiger partial charge in [-0.3, -0.25) is 24.5 Å². The Morgan fingerprint density at radius 2 is 1.65 bits per heavy atom. The zero-order valence-electron chi connectivity index (χ0n) is 35.1. The zero-order chi connectivity index (χ0) is 43.9. The number of halogens is 1. The van der Waals surface area contributed by atoms with Crippen molar-refractivity contribution >= 4 is 64.4 Å². The summed E-state index contributed by atoms with van der Waals surface area (Å²) in [5, 5.41) is 18.6. The van der Waals surface area contributed by atoms with Crippen molar-refractivity contribution in [3.8, 4) is 11.8 Å². The summed E-state index contributed by atoms with van der Waals surface area (Å²) in [6, 6.07) is 20.7. The van der Waals surface area contributed by atoms with Crippen molar-refractivity contribution in [2.45, 2.75) is 88.4 Å². The summed E-state index contributed by atoms with van der Waals surface area (Å²) in [7, 11) is 1.58. The van der Waals surface area contributed by atoms with Gasteiger partial charge in [0.15, 0.2) is 5.82 Å². The molecule has 1 atom stereocenters. The topological polar surface area (TPSA) is 190 Å². The molecule has 15 nitrogen and oxygen atoms in total. The number of carbonyl (C=O) groups is 5. The Morgan fingerprint density at radius 3 is 2.41 bits per heavy atom. The molecule has 326 valence electrons. The molecule has 63 heavy (non-hydrogen) atoms. The number of hydrogen-bond acceptors (Lipinski definition) is 10. The fourth-order valence-corrected chi connectivity index (χ4v) is 9.00. The number of nitrogens with zero attached hydrogens (tertiary/aromatic N) is 4. The number of anilines is 4. The van der Waals surface area contributed by atoms with Crippen molar-refractivity contribution in [3.63, 3.8) is 0 Å². The van der Waals surface area contributed by atoms with Crippen molar-refractivity contribution in [2.75, 3.05) is 37.3 Å². The number of benzene rings is 3. The maximum atomic E-state index is 13.3. The van der Waals surface area contributed by atoms with Gasteiger partial charge in [-0.1, -0.05) is 53.8 Å². The molecular weight excluding hydrogens is 820 g/mol. The molecule has 1 unspecified atom stereocenters. The lowest BCUT2D eigenvalue weighted by Gasteiger charge is -2.35. The average molecular weight is 871 g/mol. The molecule has 2 saturated heterocycles. The largest absolute Gasteiger partial charge is 0.355 e. The molecule has 16 heteroatoms. The number of hydrogen-bond donors (Lipinski definition) is 6. The quantitative estimate of drug-likeness (QED) is 0.0596. The van der Waals surface area contributed by atoms with Crippen molar-refractivity contribution < 1.29 is 24.0 Å². The molecule has 6 N–H and O–H groups in total. The molecule has 1 saturated carbocycles. The van der Waals surface area contributed by atoms with E-state index in [0.29, 0.717) is 78.0 Å². The average Bonchev–Trinajstić information content (AvgIpc) is 3.64. The van der Waals surface area contributed by atoms with Crippen molar-refractivity contribution in [1.82, 2.24) is 41.0 Å². The fourth-order valence-electron chi connectivity index (χ4n) is 8.86. The van der Waals surface area contributed by atoms with Gasteiger partial charge in [-0.25, -0.2) is 9.78 Å². The molecule has 3 aromatic carbocycles. The Balaban J connectivity index is 0.737. The van der Waals surface area contributed by atoms with Crippen LogP contribution in [0.4, 0.5) is 27.9 Å². The Labute approximate surface area is 371 Å². The van der Waals surface area contributed by atoms with Crippen molar-refractivity contribution in [2.24, 2.45) is 0 Å². The zero-order valence-corrected chi connectivity index (χ0v) is 35.9. The first-order chi connectivity index (χ1) is 30.6. The van der Waals surface area contributed by atoms with Crippen LogP contribution in [0, 0.1) is 11.8 Å². The van der Waals surface area contributed by atoms with E-state index in [1.54, 1.807) is 36.2 Å². The van der Waals surface area contributed by atoms with E-state index in [9.17, 15) is 24.0 Å². The molecular formula is C47H51ClN10O5. The van der Waals surface area contributed by atoms with Gasteiger partial charge in [0, 0.05) is 75.0 Å². The maximum absolute atomic E-state index is 13.3. The predicted molar refractivity (Wildman–Crippen MR) is 240 cm³/mol. The van der Waals surface area contributed by atoms with Crippen molar-refractivity contribution in [1.29, 1.82) is 0 Å². The number of rotatable bonds is 11. The van der Waals surface area contributed by atoms with Gasteiger partial charge in [-0.2, -0.15) is 4.98 Å². The van der Waals surface area contributed by atoms with Crippen LogP contribution in [0.3, 0.4) is 0 Å². The molecule has 8 rings (SSSR count). The highest BCUT2D eigenvalue weighted by molar-refractivity contribution is 6.33. The number of fused-ring (bicyclic) bond motifs is 1. The van der Waals surface area contributed by atoms with Gasteiger partial charge in [-0.15, -0.1) is 0 Å². The maximum Gasteiger partial charge on any atom is 0.317 e. The molecule has 6 amide bonds. The number of piperidine rings is 2. The molecule has 1 aliphatic carbocycles. The molecule has 1 aromatic heterocycles. The monoisotopic (exact) mass is 870 g/mol. The van der Waals surface area contributed by atoms with Gasteiger partial charge in [0.2, 0.25) is 17.8 Å². The Hall–Kier alpha value is -6.50. The van der Waals surface area contributed by atoms with Crippen LogP contribution >= 0.6 is 11.6 Å². The molecule has 4 aromatic rings. The summed E-state index contributed by atoms with van der Waals surface area (Å²) >= 11 is 6.41. The van der Waals surface area contributed by atoms with E-state index in [1.807, 2.05) is 35.2 Å². The summed E-state index contributed by atoms with van der Waals surface area (Å²) < 4.78 is 0. The molecule has 4 heterocycles. The number of aromatic nitrogens is 2. The van der Waals surface area contributed by atoms with E-state index in [-0.39, 0.29) is 36.2 Å². The normalized spacial score (nSPS) is 20.0. The minimum absolute atomic E-state index is 0.0166. The van der Waals surface area contributed by atoms with Crippen LogP contribution in [0.2, 0.25) is 5.02 Å². The van der Waals surface area contributed by atoms with Crippen LogP contribution in [-0.2, 0) is 16.1 Å². The van der Waals surface area contributed by atoms with Crippen LogP contribution < -0.4 is 31.9 Å². The third-order valence-electron chi connectivity index (χ3n) is 12.4. The standard InChI is InChI=1S/C47H51ClN10O5/c1-49-43(60)36-9-2-3-11-39(36)54-42-38(48)27-51-46(56-42)52-33-14-12-29(13-15-33)30-22-25-57(26-23-30)47(63)53-34-18-16-32(17-19-34)50-24-5-4-7-31-8-6-10-35-37(31)28-58(45(35)62)40-20-21-41(59)55-44(40)61/h2-3,6,8-15,27,30,32,34,40,50H,5,16-26,28H2,1H3,(H,49,60)(H,53,63)(H,55,59,61)(H2,51,52,54,56)/t32-,34-,40?. The van der Waals surface area contributed by atoms with Crippen LogP contribution in [-0.4, -0.2) is 94.2 Å². The van der Waals surface area contributed by atoms with Gasteiger partial charge >= 0.3 is 6.03 Å². The number of nitrogens with one attached hydrogen (secondary N) is 6. The highest BCUT2D eigenvalue weighted by Crippen LogP contribution is 2.32. The molecule has 0 bridgehead atoms. The first-order valence-corrected chi connectivity index (χ1v) is 22.0. The van der Waals surface area contributed by atoms with Crippen molar-refractivity contribution in [3.05, 3.63) is 106 Å². The first kappa shape index (κ1) is 43.2. The SMILES string of the molecule is CNC(=O)c1ccccc1Nc1nc(Nc2ccc(C3CCN(C(=O)N[C@H]4CC[C@H](NCCC#Cc5cccc6c5CN(C5CCC(=O)NC5=O)C6=O)CC4)CC3)cc2)ncc1Cl. The van der Waals surface area contributed by atoms with E-state index >= 15 is 0 Å². The van der Waals surface area contributed by atoms with Gasteiger partial charge < -0.3 is 36.4 Å². The lowest BCUT2D eigenvalue weighted by atomic mass is 9.89. The Kier molecular flexibility index (Phi) is 13.5. The van der Waals surface area contributed by atoms with Gasteiger partial charge in [0.1, 0.15) is 11.1 Å². The van der Waals surface area contributed by atoms with Gasteiger partial charge in [0.05, 0.1) is 17.4 Å². The first-order valence-electron chi connectivity index (χ1n) is 21.7. The molecule has 3 fully saturated rings. The Morgan fingerprint density at radius 1 is 0.889 bits per heavy atom. The second-order valence-electron chi connectivity index (χ2n) is 16.4. The van der Waals surface area contributed by atoms with Crippen LogP contribution in [0.15, 0.2) is 72.9 Å². The molecule has 0 spiro atoms. The summed E-state index contributed by atoms with van der Waals surface area (Å²) in [6.45, 7) is 2.45. The predicted octanol–water partition coefficient (Wildman–Crippen LogP) is 5.97. The van der Waals surface area contributed by atoms with E-state index < -0.39 is 11.9 Å². The van der Waals surface area contributed by atoms with Gasteiger partial charge in [0.25, 0.3) is 11.8 Å². The molecule has 4 aliphatic rings. The van der Waals surface area contributed by atoms with Crippen LogP contribution in [0.1, 0.15) is 101 Å². The molecule has 3 aliphatic heterocycles. The minimum atomic E-state index is -0.649. The van der Waals surface area contributed by atoms with E-state index in [2.05, 4.69) is 65.8 Å². The third-order valence-corrected chi connectivity index (χ3v) is 12.6. The summed E-state index contributed by atoms with van der Waals surface area (Å²) in [4.78, 5) is 75.2. The van der Waals surface area contributed by atoms with E-state index in [1.165, 1.54) is 11.8 Å². The number of para-hydroxylation sites is 1.